The van der Waals surface area contributed by atoms with Crippen LogP contribution in [0.5, 0.6) is 0 Å². The van der Waals surface area contributed by atoms with Crippen molar-refractivity contribution < 1.29 is 9.84 Å². The molecule has 3 nitrogen and oxygen atoms in total. The molecule has 8 atom stereocenters. The van der Waals surface area contributed by atoms with Gasteiger partial charge in [-0.05, 0) is 106 Å². The second-order valence-corrected chi connectivity index (χ2v) is 10.8. The molecule has 4 aliphatic carbocycles. The lowest BCUT2D eigenvalue weighted by Crippen LogP contribution is -2.59. The molecular formula is C23H41NO2. The fourth-order valence-electron chi connectivity index (χ4n) is 8.37. The number of nitrogens with one attached hydrogen (secondary N) is 1. The number of ether oxygens (including phenoxy) is 1. The number of hydrogen-bond donors (Lipinski definition) is 2. The van der Waals surface area contributed by atoms with E-state index in [0.717, 1.165) is 49.8 Å². The first-order valence-corrected chi connectivity index (χ1v) is 11.3. The van der Waals surface area contributed by atoms with E-state index in [1.54, 1.807) is 0 Å². The molecule has 3 heteroatoms. The maximum Gasteiger partial charge on any atom is 0.0622 e. The average Bonchev–Trinajstić information content (AvgIpc) is 2.92. The van der Waals surface area contributed by atoms with E-state index in [0.29, 0.717) is 16.7 Å². The summed E-state index contributed by atoms with van der Waals surface area (Å²) in [4.78, 5) is 0. The van der Waals surface area contributed by atoms with E-state index in [2.05, 4.69) is 26.1 Å². The zero-order valence-electron chi connectivity index (χ0n) is 17.5. The van der Waals surface area contributed by atoms with Crippen molar-refractivity contribution in [3.63, 3.8) is 0 Å². The Morgan fingerprint density at radius 3 is 2.54 bits per heavy atom. The van der Waals surface area contributed by atoms with E-state index in [1.807, 2.05) is 7.11 Å². The van der Waals surface area contributed by atoms with Crippen LogP contribution in [0.4, 0.5) is 0 Å². The minimum atomic E-state index is -0.457. The second-order valence-electron chi connectivity index (χ2n) is 10.8. The molecule has 0 amide bonds. The average molecular weight is 364 g/mol. The van der Waals surface area contributed by atoms with Gasteiger partial charge in [0.2, 0.25) is 0 Å². The van der Waals surface area contributed by atoms with Gasteiger partial charge in [-0.3, -0.25) is 0 Å². The van der Waals surface area contributed by atoms with Crippen LogP contribution < -0.4 is 5.32 Å². The van der Waals surface area contributed by atoms with E-state index in [-0.39, 0.29) is 0 Å². The Kier molecular flexibility index (Phi) is 4.98. The molecule has 4 fully saturated rings. The fraction of sp³-hybridized carbons (Fsp3) is 1.00. The van der Waals surface area contributed by atoms with Gasteiger partial charge in [-0.1, -0.05) is 13.8 Å². The maximum atomic E-state index is 10.7. The molecule has 0 heterocycles. The Balaban J connectivity index is 1.62. The molecule has 4 rings (SSSR count). The summed E-state index contributed by atoms with van der Waals surface area (Å²) in [6.07, 6.45) is 11.3. The highest BCUT2D eigenvalue weighted by molar-refractivity contribution is 5.12. The Hall–Kier alpha value is -0.120. The molecule has 0 spiro atoms. The third-order valence-electron chi connectivity index (χ3n) is 9.52. The van der Waals surface area contributed by atoms with E-state index in [1.165, 1.54) is 44.9 Å². The third-order valence-corrected chi connectivity index (χ3v) is 9.52. The van der Waals surface area contributed by atoms with Crippen molar-refractivity contribution >= 4 is 0 Å². The molecule has 26 heavy (non-hydrogen) atoms. The summed E-state index contributed by atoms with van der Waals surface area (Å²) >= 11 is 0. The van der Waals surface area contributed by atoms with Crippen LogP contribution in [-0.2, 0) is 4.74 Å². The monoisotopic (exact) mass is 363 g/mol. The molecule has 0 saturated heterocycles. The first kappa shape index (κ1) is 19.2. The minimum Gasteiger partial charge on any atom is -0.390 e. The molecule has 0 aromatic rings. The van der Waals surface area contributed by atoms with Gasteiger partial charge in [0, 0.05) is 13.2 Å². The van der Waals surface area contributed by atoms with Gasteiger partial charge in [0.05, 0.1) is 12.2 Å². The van der Waals surface area contributed by atoms with Crippen LogP contribution in [0.3, 0.4) is 0 Å². The van der Waals surface area contributed by atoms with Crippen molar-refractivity contribution in [3.8, 4) is 0 Å². The van der Waals surface area contributed by atoms with E-state index in [4.69, 9.17) is 4.74 Å². The van der Waals surface area contributed by atoms with Crippen LogP contribution in [0.2, 0.25) is 0 Å². The third kappa shape index (κ3) is 2.79. The summed E-state index contributed by atoms with van der Waals surface area (Å²) < 4.78 is 5.86. The topological polar surface area (TPSA) is 41.5 Å². The van der Waals surface area contributed by atoms with Crippen LogP contribution in [0.1, 0.15) is 78.6 Å². The lowest BCUT2D eigenvalue weighted by atomic mass is 9.44. The van der Waals surface area contributed by atoms with Gasteiger partial charge < -0.3 is 15.2 Å². The lowest BCUT2D eigenvalue weighted by molar-refractivity contribution is -0.172. The first-order valence-electron chi connectivity index (χ1n) is 11.3. The van der Waals surface area contributed by atoms with Crippen LogP contribution in [-0.4, -0.2) is 37.0 Å². The van der Waals surface area contributed by atoms with Crippen molar-refractivity contribution in [2.24, 2.45) is 34.5 Å². The summed E-state index contributed by atoms with van der Waals surface area (Å²) in [5, 5.41) is 14.6. The Bertz CT molecular complexity index is 520. The summed E-state index contributed by atoms with van der Waals surface area (Å²) in [6.45, 7) is 8.93. The quantitative estimate of drug-likeness (QED) is 0.778. The van der Waals surface area contributed by atoms with Crippen LogP contribution >= 0.6 is 0 Å². The number of hydrogen-bond acceptors (Lipinski definition) is 3. The Labute approximate surface area is 160 Å². The van der Waals surface area contributed by atoms with Gasteiger partial charge in [-0.2, -0.15) is 0 Å². The van der Waals surface area contributed by atoms with Crippen molar-refractivity contribution in [2.75, 3.05) is 20.3 Å². The van der Waals surface area contributed by atoms with Gasteiger partial charge in [-0.25, -0.2) is 0 Å². The summed E-state index contributed by atoms with van der Waals surface area (Å²) in [5.74, 6) is 3.24. The molecule has 2 N–H and O–H groups in total. The fourth-order valence-corrected chi connectivity index (χ4v) is 8.37. The Morgan fingerprint density at radius 1 is 1.00 bits per heavy atom. The smallest absolute Gasteiger partial charge is 0.0622 e. The van der Waals surface area contributed by atoms with Crippen molar-refractivity contribution in [1.29, 1.82) is 0 Å². The molecule has 0 aromatic heterocycles. The van der Waals surface area contributed by atoms with Crippen LogP contribution in [0.15, 0.2) is 0 Å². The molecule has 0 bridgehead atoms. The number of methoxy groups -OCH3 is 1. The standard InChI is InChI=1S/C23H41NO2/c1-5-24-20-9-8-18-17-7-6-16-14-21(2,25)12-13-23(16,15-26-4)19(17)10-11-22(18,20)3/h16-20,24-25H,5-15H2,1-4H3/t16-,17+,18+,19+,20+,21-,22+,23-/m1/s1. The van der Waals surface area contributed by atoms with Gasteiger partial charge in [0.15, 0.2) is 0 Å². The zero-order valence-corrected chi connectivity index (χ0v) is 17.5. The predicted octanol–water partition coefficient (Wildman–Crippen LogP) is 4.38. The largest absolute Gasteiger partial charge is 0.390 e. The van der Waals surface area contributed by atoms with Gasteiger partial charge in [0.1, 0.15) is 0 Å². The first-order chi connectivity index (χ1) is 12.4. The van der Waals surface area contributed by atoms with E-state index in [9.17, 15) is 5.11 Å². The van der Waals surface area contributed by atoms with Gasteiger partial charge >= 0.3 is 0 Å². The SMILES string of the molecule is CCN[C@H]1CC[C@H]2[C@@H]3CC[C@@H]4C[C@](C)(O)CC[C@]4(COC)[C@H]3CC[C@]12C. The van der Waals surface area contributed by atoms with Crippen molar-refractivity contribution in [2.45, 2.75) is 90.2 Å². The molecule has 4 aliphatic rings. The zero-order chi connectivity index (χ0) is 18.6. The predicted molar refractivity (Wildman–Crippen MR) is 106 cm³/mol. The van der Waals surface area contributed by atoms with Crippen LogP contribution in [0, 0.1) is 34.5 Å². The molecule has 0 unspecified atom stereocenters. The van der Waals surface area contributed by atoms with Crippen molar-refractivity contribution in [1.82, 2.24) is 5.32 Å². The molecular weight excluding hydrogens is 322 g/mol. The molecule has 4 saturated carbocycles. The highest BCUT2D eigenvalue weighted by Crippen LogP contribution is 2.67. The maximum absolute atomic E-state index is 10.7. The van der Waals surface area contributed by atoms with Gasteiger partial charge in [-0.15, -0.1) is 0 Å². The normalized spacial score (nSPS) is 53.7. The highest BCUT2D eigenvalue weighted by atomic mass is 16.5. The van der Waals surface area contributed by atoms with Crippen LogP contribution in [0.25, 0.3) is 0 Å². The lowest BCUT2D eigenvalue weighted by Gasteiger charge is -2.62. The summed E-state index contributed by atoms with van der Waals surface area (Å²) in [5.41, 5.74) is 0.372. The summed E-state index contributed by atoms with van der Waals surface area (Å²) in [7, 11) is 1.89. The molecule has 0 aromatic carbocycles. The van der Waals surface area contributed by atoms with Gasteiger partial charge in [0.25, 0.3) is 0 Å². The molecule has 0 aliphatic heterocycles. The Morgan fingerprint density at radius 2 is 1.81 bits per heavy atom. The summed E-state index contributed by atoms with van der Waals surface area (Å²) in [6, 6.07) is 0.724. The molecule has 150 valence electrons. The van der Waals surface area contributed by atoms with E-state index < -0.39 is 5.60 Å². The van der Waals surface area contributed by atoms with Crippen molar-refractivity contribution in [3.05, 3.63) is 0 Å². The minimum absolute atomic E-state index is 0.331. The number of fused-ring (bicyclic) bond motifs is 5. The molecule has 0 radical (unpaired) electrons. The van der Waals surface area contributed by atoms with E-state index >= 15 is 0 Å². The second kappa shape index (κ2) is 6.74. The number of aliphatic hydroxyl groups is 1. The highest BCUT2D eigenvalue weighted by Gasteiger charge is 2.62. The number of rotatable bonds is 4.